The maximum atomic E-state index is 13.7. The van der Waals surface area contributed by atoms with Crippen LogP contribution in [-0.2, 0) is 16.9 Å². The highest BCUT2D eigenvalue weighted by atomic mass is 19.1. The van der Waals surface area contributed by atoms with E-state index in [1.807, 2.05) is 30.3 Å². The third-order valence-electron chi connectivity index (χ3n) is 6.47. The highest BCUT2D eigenvalue weighted by Crippen LogP contribution is 2.33. The van der Waals surface area contributed by atoms with Crippen LogP contribution in [0.1, 0.15) is 21.5 Å². The molecule has 0 aliphatic carbocycles. The first-order valence-corrected chi connectivity index (χ1v) is 10.7. The van der Waals surface area contributed by atoms with E-state index in [9.17, 15) is 18.8 Å². The number of benzene rings is 3. The van der Waals surface area contributed by atoms with Crippen LogP contribution in [0.3, 0.4) is 0 Å². The lowest BCUT2D eigenvalue weighted by Crippen LogP contribution is -2.52. The SMILES string of the molecule is O=C1NC(=O)[C@](CN2Cc3ccc(F)cc3C2=O)(c2ccc(-c3ccc4cn[nH]c4c3)cc2)N1. The molecule has 1 fully saturated rings. The molecule has 34 heavy (non-hydrogen) atoms. The summed E-state index contributed by atoms with van der Waals surface area (Å²) in [5, 5.41) is 13.0. The molecule has 0 radical (unpaired) electrons. The van der Waals surface area contributed by atoms with E-state index in [2.05, 4.69) is 20.8 Å². The van der Waals surface area contributed by atoms with Crippen molar-refractivity contribution < 1.29 is 18.8 Å². The number of carbonyl (C=O) groups is 3. The summed E-state index contributed by atoms with van der Waals surface area (Å²) >= 11 is 0. The van der Waals surface area contributed by atoms with Gasteiger partial charge in [-0.25, -0.2) is 9.18 Å². The molecule has 2 aliphatic heterocycles. The summed E-state index contributed by atoms with van der Waals surface area (Å²) in [6.07, 6.45) is 1.75. The minimum absolute atomic E-state index is 0.0842. The van der Waals surface area contributed by atoms with Gasteiger partial charge in [0.15, 0.2) is 5.54 Å². The summed E-state index contributed by atoms with van der Waals surface area (Å²) in [5.41, 5.74) is 2.81. The number of nitrogens with one attached hydrogen (secondary N) is 3. The van der Waals surface area contributed by atoms with Crippen LogP contribution in [0.25, 0.3) is 22.0 Å². The monoisotopic (exact) mass is 455 g/mol. The van der Waals surface area contributed by atoms with Crippen LogP contribution in [0.15, 0.2) is 66.9 Å². The largest absolute Gasteiger partial charge is 0.331 e. The lowest BCUT2D eigenvalue weighted by Gasteiger charge is -2.31. The molecule has 3 heterocycles. The minimum Gasteiger partial charge on any atom is -0.331 e. The number of fused-ring (bicyclic) bond motifs is 2. The van der Waals surface area contributed by atoms with E-state index in [0.29, 0.717) is 11.1 Å². The number of aromatic nitrogens is 2. The molecule has 0 saturated carbocycles. The average molecular weight is 455 g/mol. The molecular weight excluding hydrogens is 437 g/mol. The van der Waals surface area contributed by atoms with Crippen molar-refractivity contribution in [1.82, 2.24) is 25.7 Å². The fourth-order valence-electron chi connectivity index (χ4n) is 4.71. The Hall–Kier alpha value is -4.53. The van der Waals surface area contributed by atoms with E-state index >= 15 is 0 Å². The topological polar surface area (TPSA) is 107 Å². The number of hydrogen-bond donors (Lipinski definition) is 3. The first-order chi connectivity index (χ1) is 16.4. The van der Waals surface area contributed by atoms with Gasteiger partial charge in [-0.2, -0.15) is 5.10 Å². The Balaban J connectivity index is 1.34. The second kappa shape index (κ2) is 7.24. The number of H-pyrrole nitrogens is 1. The maximum Gasteiger partial charge on any atom is 0.322 e. The molecule has 3 N–H and O–H groups in total. The summed E-state index contributed by atoms with van der Waals surface area (Å²) in [6, 6.07) is 16.6. The summed E-state index contributed by atoms with van der Waals surface area (Å²) in [4.78, 5) is 39.5. The van der Waals surface area contributed by atoms with Gasteiger partial charge in [-0.15, -0.1) is 0 Å². The minimum atomic E-state index is -1.46. The molecule has 1 saturated heterocycles. The van der Waals surface area contributed by atoms with Crippen LogP contribution in [0.4, 0.5) is 9.18 Å². The van der Waals surface area contributed by atoms with Crippen molar-refractivity contribution in [2.45, 2.75) is 12.1 Å². The number of aromatic amines is 1. The molecule has 4 amide bonds. The second-order valence-electron chi connectivity index (χ2n) is 8.53. The molecule has 0 spiro atoms. The summed E-state index contributed by atoms with van der Waals surface area (Å²) < 4.78 is 13.7. The van der Waals surface area contributed by atoms with Crippen molar-refractivity contribution in [2.24, 2.45) is 0 Å². The maximum absolute atomic E-state index is 13.7. The smallest absolute Gasteiger partial charge is 0.322 e. The zero-order valence-electron chi connectivity index (χ0n) is 17.8. The van der Waals surface area contributed by atoms with Gasteiger partial charge < -0.3 is 10.2 Å². The highest BCUT2D eigenvalue weighted by Gasteiger charge is 2.50. The third kappa shape index (κ3) is 3.05. The first kappa shape index (κ1) is 20.1. The highest BCUT2D eigenvalue weighted by molar-refractivity contribution is 6.08. The fraction of sp³-hybridized carbons (Fsp3) is 0.120. The average Bonchev–Trinajstić information content (AvgIpc) is 3.50. The molecule has 4 aromatic rings. The predicted octanol–water partition coefficient (Wildman–Crippen LogP) is 3.06. The molecular formula is C25H18FN5O3. The van der Waals surface area contributed by atoms with Crippen LogP contribution < -0.4 is 10.6 Å². The van der Waals surface area contributed by atoms with Crippen LogP contribution in [0.2, 0.25) is 0 Å². The lowest BCUT2D eigenvalue weighted by atomic mass is 9.88. The van der Waals surface area contributed by atoms with Gasteiger partial charge in [-0.3, -0.25) is 20.0 Å². The first-order valence-electron chi connectivity index (χ1n) is 10.7. The van der Waals surface area contributed by atoms with E-state index in [4.69, 9.17) is 0 Å². The van der Waals surface area contributed by atoms with Gasteiger partial charge >= 0.3 is 6.03 Å². The molecule has 0 bridgehead atoms. The number of carbonyl (C=O) groups excluding carboxylic acids is 3. The third-order valence-corrected chi connectivity index (χ3v) is 6.47. The van der Waals surface area contributed by atoms with Gasteiger partial charge in [0.1, 0.15) is 5.82 Å². The number of imide groups is 1. The van der Waals surface area contributed by atoms with Crippen LogP contribution >= 0.6 is 0 Å². The van der Waals surface area contributed by atoms with Crippen molar-refractivity contribution in [2.75, 3.05) is 6.54 Å². The molecule has 2 aliphatic rings. The van der Waals surface area contributed by atoms with Crippen molar-refractivity contribution in [3.05, 3.63) is 89.4 Å². The molecule has 6 rings (SSSR count). The Morgan fingerprint density at radius 3 is 2.53 bits per heavy atom. The van der Waals surface area contributed by atoms with Gasteiger partial charge in [0.2, 0.25) is 0 Å². The molecule has 3 aromatic carbocycles. The molecule has 0 unspecified atom stereocenters. The van der Waals surface area contributed by atoms with Crippen molar-refractivity contribution in [3.8, 4) is 11.1 Å². The van der Waals surface area contributed by atoms with Crippen molar-refractivity contribution >= 4 is 28.7 Å². The number of rotatable bonds is 4. The van der Waals surface area contributed by atoms with Gasteiger partial charge in [-0.1, -0.05) is 42.5 Å². The van der Waals surface area contributed by atoms with Gasteiger partial charge in [-0.05, 0) is 40.5 Å². The number of hydrogen-bond acceptors (Lipinski definition) is 4. The second-order valence-corrected chi connectivity index (χ2v) is 8.53. The van der Waals surface area contributed by atoms with Crippen molar-refractivity contribution in [3.63, 3.8) is 0 Å². The Morgan fingerprint density at radius 1 is 0.971 bits per heavy atom. The Labute approximate surface area is 192 Å². The lowest BCUT2D eigenvalue weighted by molar-refractivity contribution is -0.124. The normalized spacial score (nSPS) is 19.4. The van der Waals surface area contributed by atoms with Crippen molar-refractivity contribution in [1.29, 1.82) is 0 Å². The Morgan fingerprint density at radius 2 is 1.76 bits per heavy atom. The standard InChI is InChI=1S/C25H18FN5O3/c26-19-8-5-17-12-31(22(32)20(17)10-19)13-25(23(33)28-24(34)29-25)18-6-3-14(4-7-18)15-1-2-16-11-27-30-21(16)9-15/h1-11H,12-13H2,(H,27,30)(H2,28,29,33,34)/t25-/m0/s1. The van der Waals surface area contributed by atoms with Crippen LogP contribution in [0, 0.1) is 5.82 Å². The van der Waals surface area contributed by atoms with Crippen LogP contribution in [0.5, 0.6) is 0 Å². The van der Waals surface area contributed by atoms with E-state index in [-0.39, 0.29) is 24.6 Å². The quantitative estimate of drug-likeness (QED) is 0.411. The van der Waals surface area contributed by atoms with E-state index in [1.165, 1.54) is 17.0 Å². The van der Waals surface area contributed by atoms with E-state index in [1.54, 1.807) is 24.4 Å². The van der Waals surface area contributed by atoms with Gasteiger partial charge in [0.25, 0.3) is 11.8 Å². The fourth-order valence-corrected chi connectivity index (χ4v) is 4.71. The molecule has 9 heteroatoms. The number of halogens is 1. The molecule has 168 valence electrons. The zero-order chi connectivity index (χ0) is 23.4. The van der Waals surface area contributed by atoms with E-state index in [0.717, 1.165) is 22.0 Å². The van der Waals surface area contributed by atoms with E-state index < -0.39 is 23.3 Å². The number of urea groups is 1. The summed E-state index contributed by atoms with van der Waals surface area (Å²) in [6.45, 7) is 0.140. The zero-order valence-corrected chi connectivity index (χ0v) is 17.8. The van der Waals surface area contributed by atoms with Gasteiger partial charge in [0.05, 0.1) is 18.3 Å². The molecule has 1 atom stereocenters. The Bertz CT molecular complexity index is 1500. The number of nitrogens with zero attached hydrogens (tertiary/aromatic N) is 2. The predicted molar refractivity (Wildman–Crippen MR) is 121 cm³/mol. The Kier molecular flexibility index (Phi) is 4.28. The summed E-state index contributed by atoms with van der Waals surface area (Å²) in [5.74, 6) is -1.43. The number of amides is 4. The molecule has 8 nitrogen and oxygen atoms in total. The summed E-state index contributed by atoms with van der Waals surface area (Å²) in [7, 11) is 0. The van der Waals surface area contributed by atoms with Crippen LogP contribution in [-0.4, -0.2) is 39.5 Å². The molecule has 1 aromatic heterocycles. The van der Waals surface area contributed by atoms with Gasteiger partial charge in [0, 0.05) is 17.5 Å².